The van der Waals surface area contributed by atoms with Crippen LogP contribution in [0.15, 0.2) is 12.4 Å². The van der Waals surface area contributed by atoms with Crippen LogP contribution in [0.3, 0.4) is 0 Å². The molecule has 0 spiro atoms. The third kappa shape index (κ3) is 4.16. The molecule has 6 nitrogen and oxygen atoms in total. The zero-order chi connectivity index (χ0) is 12.9. The lowest BCUT2D eigenvalue weighted by Crippen LogP contribution is -2.46. The Morgan fingerprint density at radius 3 is 2.71 bits per heavy atom. The summed E-state index contributed by atoms with van der Waals surface area (Å²) >= 11 is 5.58. The topological polar surface area (TPSA) is 76.1 Å². The zero-order valence-corrected chi connectivity index (χ0v) is 10.7. The summed E-state index contributed by atoms with van der Waals surface area (Å²) < 4.78 is 5.29. The summed E-state index contributed by atoms with van der Waals surface area (Å²) in [6.07, 6.45) is 2.79. The predicted molar refractivity (Wildman–Crippen MR) is 64.5 cm³/mol. The van der Waals surface area contributed by atoms with Crippen LogP contribution in [0.25, 0.3) is 0 Å². The molecule has 0 aliphatic heterocycles. The van der Waals surface area contributed by atoms with Gasteiger partial charge in [0.25, 0.3) is 5.91 Å². The molecule has 0 atom stereocenters. The Morgan fingerprint density at radius 2 is 2.18 bits per heavy atom. The second kappa shape index (κ2) is 5.79. The largest absolute Gasteiger partial charge is 0.366 e. The van der Waals surface area contributed by atoms with Crippen LogP contribution < -0.4 is 10.9 Å². The minimum atomic E-state index is -0.901. The Hall–Kier alpha value is -1.40. The number of hydrogen-bond acceptors (Lipinski definition) is 5. The second-order valence-corrected chi connectivity index (χ2v) is 4.13. The van der Waals surface area contributed by atoms with E-state index >= 15 is 0 Å². The van der Waals surface area contributed by atoms with Gasteiger partial charge in [-0.3, -0.25) is 15.6 Å². The minimum Gasteiger partial charge on any atom is -0.366 e. The summed E-state index contributed by atoms with van der Waals surface area (Å²) in [4.78, 5) is 19.5. The smallest absolute Gasteiger partial charge is 0.269 e. The van der Waals surface area contributed by atoms with Crippen molar-refractivity contribution in [3.63, 3.8) is 0 Å². The molecule has 7 heteroatoms. The molecule has 1 heterocycles. The molecule has 1 aromatic heterocycles. The zero-order valence-electron chi connectivity index (χ0n) is 9.95. The van der Waals surface area contributed by atoms with Crippen molar-refractivity contribution in [1.82, 2.24) is 15.4 Å². The lowest BCUT2D eigenvalue weighted by atomic mass is 10.1. The van der Waals surface area contributed by atoms with Gasteiger partial charge in [-0.25, -0.2) is 9.97 Å². The number of ether oxygens (including phenoxy) is 1. The fourth-order valence-corrected chi connectivity index (χ4v) is 1.17. The van der Waals surface area contributed by atoms with Crippen molar-refractivity contribution in [2.75, 3.05) is 12.0 Å². The van der Waals surface area contributed by atoms with Gasteiger partial charge in [-0.2, -0.15) is 0 Å². The van der Waals surface area contributed by atoms with E-state index in [0.29, 0.717) is 12.4 Å². The van der Waals surface area contributed by atoms with Crippen LogP contribution in [0.5, 0.6) is 0 Å². The van der Waals surface area contributed by atoms with Gasteiger partial charge >= 0.3 is 0 Å². The average Bonchev–Trinajstić information content (AvgIpc) is 2.27. The Kier molecular flexibility index (Phi) is 4.65. The summed E-state index contributed by atoms with van der Waals surface area (Å²) in [5.41, 5.74) is 4.21. The van der Waals surface area contributed by atoms with Gasteiger partial charge in [0.15, 0.2) is 5.82 Å². The number of hydrogen-bond donors (Lipinski definition) is 2. The molecule has 94 valence electrons. The molecule has 0 saturated heterocycles. The molecule has 0 unspecified atom stereocenters. The molecule has 1 aromatic rings. The van der Waals surface area contributed by atoms with Crippen molar-refractivity contribution in [3.8, 4) is 0 Å². The summed E-state index contributed by atoms with van der Waals surface area (Å²) in [7, 11) is 0. The van der Waals surface area contributed by atoms with Crippen LogP contribution in [0, 0.1) is 0 Å². The van der Waals surface area contributed by atoms with E-state index in [2.05, 4.69) is 20.8 Å². The van der Waals surface area contributed by atoms with Crippen molar-refractivity contribution in [3.05, 3.63) is 17.5 Å². The first-order chi connectivity index (χ1) is 7.95. The molecule has 0 aliphatic carbocycles. The quantitative estimate of drug-likeness (QED) is 0.781. The number of aromatic nitrogens is 2. The van der Waals surface area contributed by atoms with E-state index < -0.39 is 5.60 Å². The molecule has 1 amide bonds. The summed E-state index contributed by atoms with van der Waals surface area (Å²) in [5.74, 6) is 0.103. The normalized spacial score (nSPS) is 11.1. The number of carbonyl (C=O) groups is 1. The van der Waals surface area contributed by atoms with Crippen LogP contribution in [0.1, 0.15) is 20.8 Å². The van der Waals surface area contributed by atoms with Gasteiger partial charge in [0.1, 0.15) is 10.8 Å². The molecule has 0 aliphatic rings. The maximum Gasteiger partial charge on any atom is 0.269 e. The molecule has 0 bridgehead atoms. The molecule has 0 aromatic carbocycles. The minimum absolute atomic E-state index is 0.288. The van der Waals surface area contributed by atoms with Crippen LogP contribution in [-0.4, -0.2) is 28.1 Å². The Bertz CT molecular complexity index is 380. The number of amides is 1. The first-order valence-electron chi connectivity index (χ1n) is 5.13. The highest BCUT2D eigenvalue weighted by molar-refractivity contribution is 6.29. The Labute approximate surface area is 105 Å². The van der Waals surface area contributed by atoms with E-state index in [1.165, 1.54) is 12.4 Å². The van der Waals surface area contributed by atoms with E-state index in [0.717, 1.165) is 0 Å². The van der Waals surface area contributed by atoms with E-state index in [1.54, 1.807) is 13.8 Å². The summed E-state index contributed by atoms with van der Waals surface area (Å²) in [5, 5.41) is 0.288. The Balaban J connectivity index is 2.50. The summed E-state index contributed by atoms with van der Waals surface area (Å²) in [6, 6.07) is 0. The Morgan fingerprint density at radius 1 is 1.47 bits per heavy atom. The summed E-state index contributed by atoms with van der Waals surface area (Å²) in [6.45, 7) is 5.65. The first kappa shape index (κ1) is 13.7. The fraction of sp³-hybridized carbons (Fsp3) is 0.500. The SMILES string of the molecule is CCOC(C)(C)C(=O)NNc1cnc(Cl)cn1. The molecule has 2 N–H and O–H groups in total. The number of nitrogens with zero attached hydrogens (tertiary/aromatic N) is 2. The maximum absolute atomic E-state index is 11.7. The predicted octanol–water partition coefficient (Wildman–Crippen LogP) is 1.39. The number of halogens is 1. The molecular weight excluding hydrogens is 244 g/mol. The number of rotatable bonds is 5. The van der Waals surface area contributed by atoms with E-state index in [9.17, 15) is 4.79 Å². The lowest BCUT2D eigenvalue weighted by Gasteiger charge is -2.23. The van der Waals surface area contributed by atoms with Crippen molar-refractivity contribution in [2.45, 2.75) is 26.4 Å². The van der Waals surface area contributed by atoms with Gasteiger partial charge in [-0.05, 0) is 20.8 Å². The van der Waals surface area contributed by atoms with Crippen molar-refractivity contribution in [2.24, 2.45) is 0 Å². The highest BCUT2D eigenvalue weighted by Gasteiger charge is 2.27. The van der Waals surface area contributed by atoms with Gasteiger partial charge < -0.3 is 4.74 Å². The van der Waals surface area contributed by atoms with Crippen LogP contribution in [0.4, 0.5) is 5.82 Å². The van der Waals surface area contributed by atoms with Gasteiger partial charge in [0.2, 0.25) is 0 Å². The number of hydrazine groups is 1. The van der Waals surface area contributed by atoms with Gasteiger partial charge in [0.05, 0.1) is 12.4 Å². The third-order valence-electron chi connectivity index (χ3n) is 1.98. The average molecular weight is 259 g/mol. The molecule has 17 heavy (non-hydrogen) atoms. The highest BCUT2D eigenvalue weighted by atomic mass is 35.5. The van der Waals surface area contributed by atoms with Crippen LogP contribution >= 0.6 is 11.6 Å². The van der Waals surface area contributed by atoms with Gasteiger partial charge in [-0.1, -0.05) is 11.6 Å². The van der Waals surface area contributed by atoms with E-state index in [1.807, 2.05) is 6.92 Å². The molecule has 0 fully saturated rings. The van der Waals surface area contributed by atoms with E-state index in [4.69, 9.17) is 16.3 Å². The van der Waals surface area contributed by atoms with Crippen molar-refractivity contribution < 1.29 is 9.53 Å². The molecule has 0 saturated carbocycles. The lowest BCUT2D eigenvalue weighted by molar-refractivity contribution is -0.141. The monoisotopic (exact) mass is 258 g/mol. The van der Waals surface area contributed by atoms with Crippen molar-refractivity contribution >= 4 is 23.3 Å². The second-order valence-electron chi connectivity index (χ2n) is 3.75. The molecule has 0 radical (unpaired) electrons. The van der Waals surface area contributed by atoms with Crippen molar-refractivity contribution in [1.29, 1.82) is 0 Å². The van der Waals surface area contributed by atoms with Gasteiger partial charge in [0, 0.05) is 6.61 Å². The molecular formula is C10H15ClN4O2. The first-order valence-corrected chi connectivity index (χ1v) is 5.51. The third-order valence-corrected chi connectivity index (χ3v) is 2.17. The van der Waals surface area contributed by atoms with Crippen LogP contribution in [-0.2, 0) is 9.53 Å². The van der Waals surface area contributed by atoms with Gasteiger partial charge in [-0.15, -0.1) is 0 Å². The van der Waals surface area contributed by atoms with E-state index in [-0.39, 0.29) is 11.1 Å². The number of nitrogens with one attached hydrogen (secondary N) is 2. The standard InChI is InChI=1S/C10H15ClN4O2/c1-4-17-10(2,3)9(16)15-14-8-6-12-7(11)5-13-8/h5-6H,4H2,1-3H3,(H,13,14)(H,15,16). The number of anilines is 1. The van der Waals surface area contributed by atoms with Crippen LogP contribution in [0.2, 0.25) is 5.15 Å². The molecule has 1 rings (SSSR count). The maximum atomic E-state index is 11.7. The fourth-order valence-electron chi connectivity index (χ4n) is 1.07. The number of carbonyl (C=O) groups excluding carboxylic acids is 1. The highest BCUT2D eigenvalue weighted by Crippen LogP contribution is 2.09.